The SMILES string of the molecule is Cn1cnc(S(=O)(=O)N[C@H](CO)c2ccccc2)c1Cl. The van der Waals surface area contributed by atoms with Crippen molar-refractivity contribution in [3.05, 3.63) is 47.4 Å². The minimum atomic E-state index is -3.90. The summed E-state index contributed by atoms with van der Waals surface area (Å²) in [4.78, 5) is 3.77. The Morgan fingerprint density at radius 3 is 2.55 bits per heavy atom. The van der Waals surface area contributed by atoms with Crippen LogP contribution in [-0.2, 0) is 17.1 Å². The molecule has 0 aliphatic rings. The van der Waals surface area contributed by atoms with Gasteiger partial charge in [-0.05, 0) is 5.56 Å². The third-order valence-corrected chi connectivity index (χ3v) is 4.73. The van der Waals surface area contributed by atoms with E-state index in [0.717, 1.165) is 0 Å². The molecule has 0 fully saturated rings. The van der Waals surface area contributed by atoms with Gasteiger partial charge in [0.25, 0.3) is 10.0 Å². The van der Waals surface area contributed by atoms with Crippen molar-refractivity contribution in [3.63, 3.8) is 0 Å². The van der Waals surface area contributed by atoms with Gasteiger partial charge in [-0.15, -0.1) is 0 Å². The lowest BCUT2D eigenvalue weighted by molar-refractivity contribution is 0.259. The average molecular weight is 316 g/mol. The molecule has 1 heterocycles. The van der Waals surface area contributed by atoms with Crippen LogP contribution in [0.3, 0.4) is 0 Å². The Morgan fingerprint density at radius 1 is 1.40 bits per heavy atom. The molecule has 0 radical (unpaired) electrons. The molecule has 0 unspecified atom stereocenters. The molecule has 1 atom stereocenters. The maximum atomic E-state index is 12.2. The molecule has 0 saturated carbocycles. The molecule has 0 amide bonds. The maximum Gasteiger partial charge on any atom is 0.261 e. The van der Waals surface area contributed by atoms with Gasteiger partial charge in [0.2, 0.25) is 5.03 Å². The zero-order valence-corrected chi connectivity index (χ0v) is 12.3. The largest absolute Gasteiger partial charge is 0.394 e. The number of aliphatic hydroxyl groups is 1. The third-order valence-electron chi connectivity index (χ3n) is 2.77. The molecule has 2 aromatic rings. The summed E-state index contributed by atoms with van der Waals surface area (Å²) in [5.41, 5.74) is 0.658. The summed E-state index contributed by atoms with van der Waals surface area (Å²) in [5, 5.41) is 9.14. The molecule has 2 N–H and O–H groups in total. The quantitative estimate of drug-likeness (QED) is 0.865. The fourth-order valence-corrected chi connectivity index (χ4v) is 3.36. The van der Waals surface area contributed by atoms with Crippen molar-refractivity contribution in [2.24, 2.45) is 7.05 Å². The minimum absolute atomic E-state index is 0.0160. The van der Waals surface area contributed by atoms with Crippen LogP contribution in [0.15, 0.2) is 41.7 Å². The number of aromatic nitrogens is 2. The number of benzene rings is 1. The van der Waals surface area contributed by atoms with Crippen LogP contribution in [0.4, 0.5) is 0 Å². The Morgan fingerprint density at radius 2 is 2.05 bits per heavy atom. The number of hydrogen-bond acceptors (Lipinski definition) is 4. The van der Waals surface area contributed by atoms with Crippen LogP contribution in [0.1, 0.15) is 11.6 Å². The Balaban J connectivity index is 2.30. The van der Waals surface area contributed by atoms with Gasteiger partial charge in [-0.1, -0.05) is 41.9 Å². The van der Waals surface area contributed by atoms with Crippen molar-refractivity contribution in [3.8, 4) is 0 Å². The van der Waals surface area contributed by atoms with E-state index >= 15 is 0 Å². The number of nitrogens with one attached hydrogen (secondary N) is 1. The van der Waals surface area contributed by atoms with E-state index in [0.29, 0.717) is 5.56 Å². The molecule has 0 bridgehead atoms. The van der Waals surface area contributed by atoms with Crippen LogP contribution in [0.25, 0.3) is 0 Å². The highest BCUT2D eigenvalue weighted by Crippen LogP contribution is 2.21. The van der Waals surface area contributed by atoms with E-state index in [-0.39, 0.29) is 16.8 Å². The first-order valence-corrected chi connectivity index (χ1v) is 7.67. The van der Waals surface area contributed by atoms with Gasteiger partial charge in [-0.3, -0.25) is 0 Å². The number of imidazole rings is 1. The molecule has 1 aromatic carbocycles. The Hall–Kier alpha value is -1.41. The third kappa shape index (κ3) is 3.01. The monoisotopic (exact) mass is 315 g/mol. The number of sulfonamides is 1. The van der Waals surface area contributed by atoms with E-state index < -0.39 is 16.1 Å². The minimum Gasteiger partial charge on any atom is -0.394 e. The van der Waals surface area contributed by atoms with Crippen LogP contribution in [0, 0.1) is 0 Å². The summed E-state index contributed by atoms with van der Waals surface area (Å²) in [6.07, 6.45) is 1.31. The Bertz CT molecular complexity index is 685. The second-order valence-electron chi connectivity index (χ2n) is 4.22. The number of nitrogens with zero attached hydrogens (tertiary/aromatic N) is 2. The van der Waals surface area contributed by atoms with E-state index in [4.69, 9.17) is 11.6 Å². The second kappa shape index (κ2) is 5.92. The second-order valence-corrected chi connectivity index (χ2v) is 6.21. The van der Waals surface area contributed by atoms with Gasteiger partial charge < -0.3 is 9.67 Å². The van der Waals surface area contributed by atoms with Crippen molar-refractivity contribution < 1.29 is 13.5 Å². The molecule has 108 valence electrons. The predicted molar refractivity (Wildman–Crippen MR) is 74.8 cm³/mol. The highest BCUT2D eigenvalue weighted by molar-refractivity contribution is 7.89. The van der Waals surface area contributed by atoms with E-state index in [9.17, 15) is 13.5 Å². The van der Waals surface area contributed by atoms with E-state index in [1.807, 2.05) is 6.07 Å². The lowest BCUT2D eigenvalue weighted by Crippen LogP contribution is -2.31. The molecule has 1 aromatic heterocycles. The number of aryl methyl sites for hydroxylation is 1. The number of halogens is 1. The summed E-state index contributed by atoms with van der Waals surface area (Å²) in [5.74, 6) is 0. The van der Waals surface area contributed by atoms with Crippen LogP contribution in [0.2, 0.25) is 5.15 Å². The molecular formula is C12H14ClN3O3S. The molecule has 6 nitrogen and oxygen atoms in total. The van der Waals surface area contributed by atoms with Gasteiger partial charge in [-0.25, -0.2) is 13.4 Å². The molecule has 0 spiro atoms. The predicted octanol–water partition coefficient (Wildman–Crippen LogP) is 1.09. The van der Waals surface area contributed by atoms with Gasteiger partial charge in [0, 0.05) is 7.05 Å². The van der Waals surface area contributed by atoms with Crippen LogP contribution < -0.4 is 4.72 Å². The van der Waals surface area contributed by atoms with Crippen molar-refractivity contribution in [1.82, 2.24) is 14.3 Å². The molecule has 0 aliphatic heterocycles. The number of hydrogen-bond donors (Lipinski definition) is 2. The van der Waals surface area contributed by atoms with Gasteiger partial charge in [-0.2, -0.15) is 4.72 Å². The summed E-state index contributed by atoms with van der Waals surface area (Å²) in [6.45, 7) is -0.367. The number of aliphatic hydroxyl groups excluding tert-OH is 1. The maximum absolute atomic E-state index is 12.2. The number of rotatable bonds is 5. The molecular weight excluding hydrogens is 302 g/mol. The highest BCUT2D eigenvalue weighted by atomic mass is 35.5. The van der Waals surface area contributed by atoms with Gasteiger partial charge in [0.05, 0.1) is 19.0 Å². The lowest BCUT2D eigenvalue weighted by Gasteiger charge is -2.16. The fraction of sp³-hybridized carbons (Fsp3) is 0.250. The van der Waals surface area contributed by atoms with Crippen LogP contribution >= 0.6 is 11.6 Å². The smallest absolute Gasteiger partial charge is 0.261 e. The molecule has 8 heteroatoms. The lowest BCUT2D eigenvalue weighted by atomic mass is 10.1. The Labute approximate surface area is 122 Å². The standard InChI is InChI=1S/C12H14ClN3O3S/c1-16-8-14-12(11(16)13)20(18,19)15-10(7-17)9-5-3-2-4-6-9/h2-6,8,10,15,17H,7H2,1H3/t10-/m1/s1. The van der Waals surface area contributed by atoms with Gasteiger partial charge >= 0.3 is 0 Å². The first kappa shape index (κ1) is 15.0. The topological polar surface area (TPSA) is 84.2 Å². The van der Waals surface area contributed by atoms with Gasteiger partial charge in [0.15, 0.2) is 0 Å². The van der Waals surface area contributed by atoms with E-state index in [1.54, 1.807) is 31.3 Å². The Kier molecular flexibility index (Phi) is 4.44. The van der Waals surface area contributed by atoms with E-state index in [1.165, 1.54) is 10.9 Å². The summed E-state index contributed by atoms with van der Waals surface area (Å²) in [7, 11) is -2.31. The van der Waals surface area contributed by atoms with Gasteiger partial charge in [0.1, 0.15) is 5.15 Å². The van der Waals surface area contributed by atoms with Crippen molar-refractivity contribution in [1.29, 1.82) is 0 Å². The van der Waals surface area contributed by atoms with E-state index in [2.05, 4.69) is 9.71 Å². The zero-order chi connectivity index (χ0) is 14.8. The molecule has 20 heavy (non-hydrogen) atoms. The molecule has 2 rings (SSSR count). The van der Waals surface area contributed by atoms with Crippen molar-refractivity contribution >= 4 is 21.6 Å². The first-order valence-electron chi connectivity index (χ1n) is 5.80. The van der Waals surface area contributed by atoms with Crippen molar-refractivity contribution in [2.45, 2.75) is 11.1 Å². The van der Waals surface area contributed by atoms with Crippen molar-refractivity contribution in [2.75, 3.05) is 6.61 Å². The average Bonchev–Trinajstić information content (AvgIpc) is 2.78. The normalized spacial score (nSPS) is 13.3. The van der Waals surface area contributed by atoms with Crippen LogP contribution in [-0.4, -0.2) is 29.7 Å². The first-order chi connectivity index (χ1) is 9.45. The fourth-order valence-electron chi connectivity index (χ4n) is 1.71. The van der Waals surface area contributed by atoms with Crippen LogP contribution in [0.5, 0.6) is 0 Å². The summed E-state index contributed by atoms with van der Waals surface area (Å²) >= 11 is 5.88. The summed E-state index contributed by atoms with van der Waals surface area (Å²) in [6, 6.07) is 8.04. The zero-order valence-electron chi connectivity index (χ0n) is 10.7. The highest BCUT2D eigenvalue weighted by Gasteiger charge is 2.26. The molecule has 0 aliphatic carbocycles. The molecule has 0 saturated heterocycles. The summed E-state index contributed by atoms with van der Waals surface area (Å²) < 4.78 is 28.2.